The molecule has 0 aromatic heterocycles. The van der Waals surface area contributed by atoms with Crippen LogP contribution in [0.3, 0.4) is 0 Å². The Hall–Kier alpha value is -2.55. The van der Waals surface area contributed by atoms with Gasteiger partial charge in [0.05, 0.1) is 7.11 Å². The van der Waals surface area contributed by atoms with E-state index < -0.39 is 5.41 Å². The molecule has 0 saturated heterocycles. The number of likely N-dealkylation sites (N-methyl/N-ethyl adjacent to an activating group) is 1. The van der Waals surface area contributed by atoms with E-state index in [-0.39, 0.29) is 5.91 Å². The largest absolute Gasteiger partial charge is 0.496 e. The average molecular weight is 293 g/mol. The average Bonchev–Trinajstić information content (AvgIpc) is 2.78. The van der Waals surface area contributed by atoms with Gasteiger partial charge in [0.15, 0.2) is 0 Å². The van der Waals surface area contributed by atoms with E-state index in [2.05, 4.69) is 6.58 Å². The number of nitrogens with zero attached hydrogens (tertiary/aromatic N) is 1. The van der Waals surface area contributed by atoms with Crippen LogP contribution < -0.4 is 9.64 Å². The first kappa shape index (κ1) is 14.4. The Bertz CT molecular complexity index is 738. The summed E-state index contributed by atoms with van der Waals surface area (Å²) in [4.78, 5) is 14.9. The second kappa shape index (κ2) is 5.34. The zero-order valence-corrected chi connectivity index (χ0v) is 12.9. The molecule has 1 amide bonds. The third kappa shape index (κ3) is 1.78. The van der Waals surface area contributed by atoms with E-state index in [4.69, 9.17) is 4.74 Å². The van der Waals surface area contributed by atoms with Gasteiger partial charge >= 0.3 is 0 Å². The molecular formula is C19H19NO2. The monoisotopic (exact) mass is 293 g/mol. The molecule has 0 bridgehead atoms. The Balaban J connectivity index is 2.35. The number of anilines is 1. The molecular weight excluding hydrogens is 274 g/mol. The molecule has 3 nitrogen and oxygen atoms in total. The number of allylic oxidation sites excluding steroid dienone is 1. The van der Waals surface area contributed by atoms with Crippen LogP contribution in [0, 0.1) is 0 Å². The molecule has 0 unspecified atom stereocenters. The first-order valence-electron chi connectivity index (χ1n) is 7.29. The van der Waals surface area contributed by atoms with E-state index in [1.807, 2.05) is 55.6 Å². The molecule has 1 atom stereocenters. The summed E-state index contributed by atoms with van der Waals surface area (Å²) in [5, 5.41) is 0. The fourth-order valence-electron chi connectivity index (χ4n) is 3.42. The van der Waals surface area contributed by atoms with E-state index >= 15 is 0 Å². The van der Waals surface area contributed by atoms with Gasteiger partial charge in [-0.1, -0.05) is 42.5 Å². The first-order chi connectivity index (χ1) is 10.7. The van der Waals surface area contributed by atoms with Crippen LogP contribution in [-0.2, 0) is 10.2 Å². The minimum absolute atomic E-state index is 0.0538. The van der Waals surface area contributed by atoms with E-state index in [9.17, 15) is 4.79 Å². The van der Waals surface area contributed by atoms with Gasteiger partial charge in [0.25, 0.3) is 0 Å². The second-order valence-electron chi connectivity index (χ2n) is 5.48. The topological polar surface area (TPSA) is 29.5 Å². The first-order valence-corrected chi connectivity index (χ1v) is 7.29. The highest BCUT2D eigenvalue weighted by Gasteiger charge is 2.51. The van der Waals surface area contributed by atoms with Crippen LogP contribution in [0.1, 0.15) is 17.5 Å². The molecule has 0 spiro atoms. The van der Waals surface area contributed by atoms with Crippen LogP contribution in [-0.4, -0.2) is 20.1 Å². The summed E-state index contributed by atoms with van der Waals surface area (Å²) in [6.07, 6.45) is 2.34. The van der Waals surface area contributed by atoms with Gasteiger partial charge in [-0.2, -0.15) is 0 Å². The van der Waals surface area contributed by atoms with Crippen molar-refractivity contribution in [2.24, 2.45) is 0 Å². The Morgan fingerprint density at radius 1 is 1.14 bits per heavy atom. The zero-order valence-electron chi connectivity index (χ0n) is 12.9. The predicted molar refractivity (Wildman–Crippen MR) is 88.4 cm³/mol. The van der Waals surface area contributed by atoms with Crippen molar-refractivity contribution in [1.29, 1.82) is 0 Å². The van der Waals surface area contributed by atoms with Crippen LogP contribution in [0.2, 0.25) is 0 Å². The van der Waals surface area contributed by atoms with Gasteiger partial charge < -0.3 is 9.64 Å². The highest BCUT2D eigenvalue weighted by atomic mass is 16.5. The maximum absolute atomic E-state index is 13.2. The number of amides is 1. The number of benzene rings is 2. The summed E-state index contributed by atoms with van der Waals surface area (Å²) < 4.78 is 5.52. The maximum Gasteiger partial charge on any atom is 0.242 e. The number of hydrogen-bond donors (Lipinski definition) is 0. The molecule has 1 aliphatic rings. The van der Waals surface area contributed by atoms with E-state index in [1.165, 1.54) is 0 Å². The predicted octanol–water partition coefficient (Wildman–Crippen LogP) is 3.53. The van der Waals surface area contributed by atoms with E-state index in [1.54, 1.807) is 18.1 Å². The van der Waals surface area contributed by atoms with Crippen LogP contribution in [0.4, 0.5) is 5.69 Å². The summed E-state index contributed by atoms with van der Waals surface area (Å²) in [5.74, 6) is 0.779. The highest BCUT2D eigenvalue weighted by molar-refractivity contribution is 6.10. The minimum Gasteiger partial charge on any atom is -0.496 e. The smallest absolute Gasteiger partial charge is 0.242 e. The van der Waals surface area contributed by atoms with Gasteiger partial charge in [0.2, 0.25) is 5.91 Å². The standard InChI is InChI=1S/C19H19NO2/c1-4-13-19(15-10-6-8-12-17(15)22-3)14-9-5-7-11-16(14)20(2)18(19)21/h4-12H,1,13H2,2-3H3/t19-/m0/s1. The third-order valence-electron chi connectivity index (χ3n) is 4.41. The van der Waals surface area contributed by atoms with Crippen LogP contribution in [0.15, 0.2) is 61.2 Å². The van der Waals surface area contributed by atoms with Gasteiger partial charge in [-0.3, -0.25) is 4.79 Å². The summed E-state index contributed by atoms with van der Waals surface area (Å²) in [7, 11) is 3.46. The molecule has 1 heterocycles. The molecule has 2 aromatic rings. The van der Waals surface area contributed by atoms with E-state index in [0.29, 0.717) is 6.42 Å². The molecule has 22 heavy (non-hydrogen) atoms. The van der Waals surface area contributed by atoms with Crippen molar-refractivity contribution in [2.75, 3.05) is 19.1 Å². The molecule has 0 N–H and O–H groups in total. The van der Waals surface area contributed by atoms with Gasteiger partial charge in [0, 0.05) is 18.3 Å². The van der Waals surface area contributed by atoms with Crippen LogP contribution in [0.25, 0.3) is 0 Å². The fourth-order valence-corrected chi connectivity index (χ4v) is 3.42. The Labute approximate surface area is 130 Å². The van der Waals surface area contributed by atoms with Gasteiger partial charge in [-0.05, 0) is 24.1 Å². The molecule has 0 saturated carbocycles. The number of ether oxygens (including phenoxy) is 1. The van der Waals surface area contributed by atoms with Crippen molar-refractivity contribution >= 4 is 11.6 Å². The lowest BCUT2D eigenvalue weighted by Crippen LogP contribution is -2.39. The lowest BCUT2D eigenvalue weighted by molar-refractivity contribution is -0.121. The number of methoxy groups -OCH3 is 1. The van der Waals surface area contributed by atoms with Crippen molar-refractivity contribution < 1.29 is 9.53 Å². The maximum atomic E-state index is 13.2. The van der Waals surface area contributed by atoms with Gasteiger partial charge in [-0.25, -0.2) is 0 Å². The van der Waals surface area contributed by atoms with Crippen molar-refractivity contribution in [3.05, 3.63) is 72.3 Å². The van der Waals surface area contributed by atoms with Crippen molar-refractivity contribution in [2.45, 2.75) is 11.8 Å². The fraction of sp³-hybridized carbons (Fsp3) is 0.211. The quantitative estimate of drug-likeness (QED) is 0.807. The molecule has 2 aromatic carbocycles. The molecule has 0 aliphatic carbocycles. The number of hydrogen-bond acceptors (Lipinski definition) is 2. The molecule has 3 heteroatoms. The normalized spacial score (nSPS) is 19.9. The molecule has 1 aliphatic heterocycles. The lowest BCUT2D eigenvalue weighted by Gasteiger charge is -2.29. The van der Waals surface area contributed by atoms with E-state index in [0.717, 1.165) is 22.6 Å². The molecule has 0 fully saturated rings. The van der Waals surface area contributed by atoms with Gasteiger partial charge in [-0.15, -0.1) is 6.58 Å². The van der Waals surface area contributed by atoms with Crippen molar-refractivity contribution in [3.63, 3.8) is 0 Å². The highest BCUT2D eigenvalue weighted by Crippen LogP contribution is 2.50. The van der Waals surface area contributed by atoms with Crippen molar-refractivity contribution in [1.82, 2.24) is 0 Å². The van der Waals surface area contributed by atoms with Crippen molar-refractivity contribution in [3.8, 4) is 5.75 Å². The summed E-state index contributed by atoms with van der Waals surface area (Å²) in [5.41, 5.74) is 2.08. The number of fused-ring (bicyclic) bond motifs is 1. The second-order valence-corrected chi connectivity index (χ2v) is 5.48. The van der Waals surface area contributed by atoms with Crippen LogP contribution in [0.5, 0.6) is 5.75 Å². The number of carbonyl (C=O) groups excluding carboxylic acids is 1. The van der Waals surface area contributed by atoms with Gasteiger partial charge in [0.1, 0.15) is 11.2 Å². The molecule has 0 radical (unpaired) electrons. The number of para-hydroxylation sites is 2. The third-order valence-corrected chi connectivity index (χ3v) is 4.41. The Kier molecular flexibility index (Phi) is 3.49. The lowest BCUT2D eigenvalue weighted by atomic mass is 9.72. The number of carbonyl (C=O) groups is 1. The van der Waals surface area contributed by atoms with Crippen LogP contribution >= 0.6 is 0 Å². The Morgan fingerprint density at radius 2 is 1.77 bits per heavy atom. The number of rotatable bonds is 4. The zero-order chi connectivity index (χ0) is 15.7. The Morgan fingerprint density at radius 3 is 2.45 bits per heavy atom. The summed E-state index contributed by atoms with van der Waals surface area (Å²) in [6, 6.07) is 15.6. The molecule has 112 valence electrons. The summed E-state index contributed by atoms with van der Waals surface area (Å²) >= 11 is 0. The molecule has 3 rings (SSSR count). The minimum atomic E-state index is -0.764. The summed E-state index contributed by atoms with van der Waals surface area (Å²) in [6.45, 7) is 3.87. The SMILES string of the molecule is C=CC[C@]1(c2ccccc2OC)C(=O)N(C)c2ccccc21.